The number of carbonyl (C=O) groups excluding carboxylic acids is 1. The fraction of sp³-hybridized carbons (Fsp3) is 0.412. The molecule has 1 aromatic carbocycles. The lowest BCUT2D eigenvalue weighted by molar-refractivity contribution is 0.0776. The molecule has 0 unspecified atom stereocenters. The predicted molar refractivity (Wildman–Crippen MR) is 102 cm³/mol. The number of aromatic nitrogens is 1. The molecule has 1 amide bonds. The smallest absolute Gasteiger partial charge is 0.273 e. The van der Waals surface area contributed by atoms with Crippen molar-refractivity contribution < 1.29 is 9.18 Å². The first-order valence-electron chi connectivity index (χ1n) is 7.88. The fourth-order valence-corrected chi connectivity index (χ4v) is 4.27. The summed E-state index contributed by atoms with van der Waals surface area (Å²) in [7, 11) is 0. The average Bonchev–Trinajstić information content (AvgIpc) is 3.24. The van der Waals surface area contributed by atoms with Crippen LogP contribution < -0.4 is 5.32 Å². The summed E-state index contributed by atoms with van der Waals surface area (Å²) in [6.45, 7) is 3.64. The van der Waals surface area contributed by atoms with E-state index in [0.29, 0.717) is 29.5 Å². The molecule has 3 heterocycles. The van der Waals surface area contributed by atoms with Crippen LogP contribution in [0.2, 0.25) is 0 Å². The van der Waals surface area contributed by atoms with E-state index < -0.39 is 0 Å². The lowest BCUT2D eigenvalue weighted by atomic mass is 10.0. The van der Waals surface area contributed by atoms with Crippen molar-refractivity contribution in [2.75, 3.05) is 26.2 Å². The number of thiazole rings is 1. The maximum atomic E-state index is 13.7. The zero-order chi connectivity index (χ0) is 15.8. The van der Waals surface area contributed by atoms with Crippen LogP contribution in [-0.4, -0.2) is 42.0 Å². The molecule has 4 nitrogen and oxygen atoms in total. The largest absolute Gasteiger partial charge is 0.337 e. The number of nitrogens with one attached hydrogen (secondary N) is 1. The van der Waals surface area contributed by atoms with Crippen LogP contribution in [0, 0.1) is 17.7 Å². The van der Waals surface area contributed by atoms with Gasteiger partial charge in [0.2, 0.25) is 0 Å². The Morgan fingerprint density at radius 1 is 1.24 bits per heavy atom. The van der Waals surface area contributed by atoms with Crippen molar-refractivity contribution in [3.05, 3.63) is 51.7 Å². The molecule has 2 fully saturated rings. The van der Waals surface area contributed by atoms with Gasteiger partial charge in [-0.05, 0) is 23.5 Å². The van der Waals surface area contributed by atoms with Gasteiger partial charge < -0.3 is 10.2 Å². The lowest BCUT2D eigenvalue weighted by Crippen LogP contribution is -2.32. The van der Waals surface area contributed by atoms with Gasteiger partial charge in [0.05, 0.1) is 5.01 Å². The minimum atomic E-state index is -0.226. The van der Waals surface area contributed by atoms with Gasteiger partial charge in [-0.25, -0.2) is 9.37 Å². The Kier molecular flexibility index (Phi) is 6.79. The molecule has 136 valence electrons. The monoisotopic (exact) mass is 403 g/mol. The second-order valence-corrected chi connectivity index (χ2v) is 7.23. The highest BCUT2D eigenvalue weighted by Gasteiger charge is 2.38. The summed E-state index contributed by atoms with van der Waals surface area (Å²) < 4.78 is 13.7. The molecule has 2 aromatic rings. The van der Waals surface area contributed by atoms with Gasteiger partial charge in [-0.15, -0.1) is 36.2 Å². The van der Waals surface area contributed by atoms with Crippen LogP contribution in [0.5, 0.6) is 0 Å². The highest BCUT2D eigenvalue weighted by Crippen LogP contribution is 2.28. The lowest BCUT2D eigenvalue weighted by Gasteiger charge is -2.15. The van der Waals surface area contributed by atoms with Gasteiger partial charge in [-0.2, -0.15) is 0 Å². The number of carbonyl (C=O) groups is 1. The van der Waals surface area contributed by atoms with Crippen LogP contribution in [0.15, 0.2) is 29.6 Å². The molecule has 0 spiro atoms. The van der Waals surface area contributed by atoms with Gasteiger partial charge in [0.1, 0.15) is 11.5 Å². The molecule has 1 aromatic heterocycles. The van der Waals surface area contributed by atoms with Gasteiger partial charge in [0, 0.05) is 38.0 Å². The van der Waals surface area contributed by atoms with E-state index in [0.717, 1.165) is 31.2 Å². The van der Waals surface area contributed by atoms with Crippen molar-refractivity contribution in [3.63, 3.8) is 0 Å². The highest BCUT2D eigenvalue weighted by atomic mass is 35.5. The molecule has 4 rings (SSSR count). The molecule has 1 N–H and O–H groups in total. The Balaban J connectivity index is 0.00000113. The Morgan fingerprint density at radius 2 is 1.92 bits per heavy atom. The standard InChI is InChI=1S/C17H18FN3OS.2ClH/c18-14-4-2-1-3-11(14)5-16-20-15(10-23-16)17(22)21-8-12-6-19-7-13(12)9-21;;/h1-4,10,12-13,19H,5-9H2;2*1H/t12-,13+;;. The molecule has 8 heteroatoms. The average molecular weight is 404 g/mol. The number of benzene rings is 1. The van der Waals surface area contributed by atoms with Gasteiger partial charge in [-0.3, -0.25) is 4.79 Å². The maximum Gasteiger partial charge on any atom is 0.273 e. The molecule has 25 heavy (non-hydrogen) atoms. The van der Waals surface area contributed by atoms with Crippen molar-refractivity contribution in [2.45, 2.75) is 6.42 Å². The molecule has 2 atom stereocenters. The number of rotatable bonds is 3. The van der Waals surface area contributed by atoms with Crippen molar-refractivity contribution in [3.8, 4) is 0 Å². The molecule has 2 aliphatic heterocycles. The van der Waals surface area contributed by atoms with Crippen molar-refractivity contribution in [1.29, 1.82) is 0 Å². The van der Waals surface area contributed by atoms with Crippen LogP contribution in [0.4, 0.5) is 4.39 Å². The van der Waals surface area contributed by atoms with Crippen LogP contribution in [-0.2, 0) is 6.42 Å². The van der Waals surface area contributed by atoms with E-state index in [-0.39, 0.29) is 36.5 Å². The number of hydrogen-bond donors (Lipinski definition) is 1. The van der Waals surface area contributed by atoms with E-state index in [1.54, 1.807) is 17.5 Å². The minimum absolute atomic E-state index is 0. The van der Waals surface area contributed by atoms with Crippen LogP contribution in [0.25, 0.3) is 0 Å². The Labute approximate surface area is 162 Å². The van der Waals surface area contributed by atoms with E-state index in [4.69, 9.17) is 0 Å². The second-order valence-electron chi connectivity index (χ2n) is 6.28. The minimum Gasteiger partial charge on any atom is -0.337 e. The number of amides is 1. The summed E-state index contributed by atoms with van der Waals surface area (Å²) in [5, 5.41) is 5.95. The Morgan fingerprint density at radius 3 is 2.60 bits per heavy atom. The van der Waals surface area contributed by atoms with E-state index in [9.17, 15) is 9.18 Å². The second kappa shape index (κ2) is 8.45. The first kappa shape index (κ1) is 20.1. The third kappa shape index (κ3) is 4.14. The summed E-state index contributed by atoms with van der Waals surface area (Å²) in [5.41, 5.74) is 1.11. The number of fused-ring (bicyclic) bond motifs is 1. The number of halogens is 3. The SMILES string of the molecule is Cl.Cl.O=C(c1csc(Cc2ccccc2F)n1)N1C[C@H]2CNC[C@H]2C1. The molecule has 0 bridgehead atoms. The van der Waals surface area contributed by atoms with Crippen LogP contribution in [0.1, 0.15) is 21.1 Å². The molecule has 0 aliphatic carbocycles. The van der Waals surface area contributed by atoms with Gasteiger partial charge in [0.15, 0.2) is 0 Å². The topological polar surface area (TPSA) is 45.2 Å². The summed E-state index contributed by atoms with van der Waals surface area (Å²) in [6.07, 6.45) is 0.430. The number of likely N-dealkylation sites (tertiary alicyclic amines) is 1. The maximum absolute atomic E-state index is 13.7. The third-order valence-corrected chi connectivity index (χ3v) is 5.60. The summed E-state index contributed by atoms with van der Waals surface area (Å²) in [4.78, 5) is 18.9. The summed E-state index contributed by atoms with van der Waals surface area (Å²) in [6, 6.07) is 6.70. The van der Waals surface area contributed by atoms with Gasteiger partial charge >= 0.3 is 0 Å². The molecule has 2 saturated heterocycles. The van der Waals surface area contributed by atoms with Crippen molar-refractivity contribution >= 4 is 42.1 Å². The zero-order valence-electron chi connectivity index (χ0n) is 13.5. The third-order valence-electron chi connectivity index (χ3n) is 4.75. The molecular weight excluding hydrogens is 384 g/mol. The summed E-state index contributed by atoms with van der Waals surface area (Å²) in [5.74, 6) is 0.941. The van der Waals surface area contributed by atoms with E-state index in [2.05, 4.69) is 10.3 Å². The Bertz CT molecular complexity index is 730. The van der Waals surface area contributed by atoms with Crippen molar-refractivity contribution in [1.82, 2.24) is 15.2 Å². The van der Waals surface area contributed by atoms with E-state index in [1.165, 1.54) is 17.4 Å². The number of nitrogens with zero attached hydrogens (tertiary/aromatic N) is 2. The molecule has 0 radical (unpaired) electrons. The van der Waals surface area contributed by atoms with Crippen LogP contribution >= 0.6 is 36.2 Å². The van der Waals surface area contributed by atoms with Gasteiger partial charge in [-0.1, -0.05) is 18.2 Å². The fourth-order valence-electron chi connectivity index (χ4n) is 3.48. The van der Waals surface area contributed by atoms with E-state index in [1.807, 2.05) is 11.0 Å². The first-order valence-corrected chi connectivity index (χ1v) is 8.76. The first-order chi connectivity index (χ1) is 11.2. The zero-order valence-corrected chi connectivity index (χ0v) is 15.9. The van der Waals surface area contributed by atoms with Crippen LogP contribution in [0.3, 0.4) is 0 Å². The Hall–Kier alpha value is -1.21. The highest BCUT2D eigenvalue weighted by molar-refractivity contribution is 7.09. The quantitative estimate of drug-likeness (QED) is 0.856. The predicted octanol–water partition coefficient (Wildman–Crippen LogP) is 3.01. The molecular formula is C17H20Cl2FN3OS. The summed E-state index contributed by atoms with van der Waals surface area (Å²) >= 11 is 1.42. The molecule has 0 saturated carbocycles. The van der Waals surface area contributed by atoms with E-state index >= 15 is 0 Å². The normalized spacial score (nSPS) is 21.4. The van der Waals surface area contributed by atoms with Crippen molar-refractivity contribution in [2.24, 2.45) is 11.8 Å². The molecule has 2 aliphatic rings. The number of hydrogen-bond acceptors (Lipinski definition) is 4. The van der Waals surface area contributed by atoms with Gasteiger partial charge in [0.25, 0.3) is 5.91 Å².